The van der Waals surface area contributed by atoms with Crippen molar-refractivity contribution in [2.24, 2.45) is 0 Å². The molecule has 1 atom stereocenters. The van der Waals surface area contributed by atoms with Crippen molar-refractivity contribution in [1.82, 2.24) is 9.55 Å². The lowest BCUT2D eigenvalue weighted by Gasteiger charge is -2.18. The molecule has 0 aliphatic heterocycles. The van der Waals surface area contributed by atoms with Crippen molar-refractivity contribution in [3.8, 4) is 0 Å². The van der Waals surface area contributed by atoms with E-state index in [0.29, 0.717) is 21.7 Å². The first-order valence-electron chi connectivity index (χ1n) is 9.01. The van der Waals surface area contributed by atoms with Crippen LogP contribution in [0.5, 0.6) is 0 Å². The highest BCUT2D eigenvalue weighted by atomic mass is 32.2. The lowest BCUT2D eigenvalue weighted by atomic mass is 10.2. The van der Waals surface area contributed by atoms with Gasteiger partial charge in [0.05, 0.1) is 21.1 Å². The molecule has 1 N–H and O–H groups in total. The molecule has 1 unspecified atom stereocenters. The first kappa shape index (κ1) is 20.5. The number of nitro benzene ring substituents is 1. The number of fused-ring (bicyclic) bond motifs is 1. The zero-order valence-corrected chi connectivity index (χ0v) is 17.0. The van der Waals surface area contributed by atoms with Crippen LogP contribution in [-0.2, 0) is 4.79 Å². The Morgan fingerprint density at radius 2 is 1.90 bits per heavy atom. The number of para-hydroxylation sites is 1. The van der Waals surface area contributed by atoms with Crippen molar-refractivity contribution >= 4 is 39.9 Å². The van der Waals surface area contributed by atoms with Crippen LogP contribution in [0.4, 0.5) is 11.4 Å². The zero-order chi connectivity index (χ0) is 21.1. The molecule has 0 fully saturated rings. The molecule has 1 amide bonds. The number of amides is 1. The van der Waals surface area contributed by atoms with Crippen LogP contribution in [0.2, 0.25) is 0 Å². The molecule has 0 bridgehead atoms. The van der Waals surface area contributed by atoms with Gasteiger partial charge < -0.3 is 5.32 Å². The van der Waals surface area contributed by atoms with E-state index in [1.54, 1.807) is 41.8 Å². The van der Waals surface area contributed by atoms with E-state index in [1.165, 1.54) is 30.0 Å². The average molecular weight is 412 g/mol. The van der Waals surface area contributed by atoms with Gasteiger partial charge in [-0.25, -0.2) is 4.98 Å². The van der Waals surface area contributed by atoms with E-state index in [0.717, 1.165) is 0 Å². The molecule has 0 radical (unpaired) electrons. The van der Waals surface area contributed by atoms with Crippen LogP contribution in [0.25, 0.3) is 10.9 Å². The number of aromatic nitrogens is 2. The van der Waals surface area contributed by atoms with Gasteiger partial charge in [0.1, 0.15) is 0 Å². The molecule has 0 saturated carbocycles. The van der Waals surface area contributed by atoms with E-state index in [4.69, 9.17) is 0 Å². The van der Waals surface area contributed by atoms with Gasteiger partial charge >= 0.3 is 0 Å². The molecule has 150 valence electrons. The molecule has 1 aromatic heterocycles. The highest BCUT2D eigenvalue weighted by Crippen LogP contribution is 2.26. The first-order valence-corrected chi connectivity index (χ1v) is 9.89. The Balaban J connectivity index is 1.87. The fraction of sp³-hybridized carbons (Fsp3) is 0.250. The maximum Gasteiger partial charge on any atom is 0.271 e. The minimum Gasteiger partial charge on any atom is -0.325 e. The number of anilines is 1. The van der Waals surface area contributed by atoms with Gasteiger partial charge in [-0.1, -0.05) is 30.0 Å². The van der Waals surface area contributed by atoms with E-state index in [9.17, 15) is 19.7 Å². The Morgan fingerprint density at radius 3 is 2.59 bits per heavy atom. The Bertz CT molecular complexity index is 1140. The van der Waals surface area contributed by atoms with Gasteiger partial charge in [0, 0.05) is 23.9 Å². The maximum absolute atomic E-state index is 12.9. The van der Waals surface area contributed by atoms with Crippen LogP contribution in [-0.4, -0.2) is 25.6 Å². The van der Waals surface area contributed by atoms with Crippen LogP contribution >= 0.6 is 11.8 Å². The normalized spacial score (nSPS) is 12.1. The quantitative estimate of drug-likeness (QED) is 0.284. The molecule has 8 nitrogen and oxygen atoms in total. The Morgan fingerprint density at radius 1 is 1.17 bits per heavy atom. The Hall–Kier alpha value is -3.20. The third-order valence-electron chi connectivity index (χ3n) is 4.27. The summed E-state index contributed by atoms with van der Waals surface area (Å²) >= 11 is 1.17. The summed E-state index contributed by atoms with van der Waals surface area (Å²) in [6, 6.07) is 12.7. The minimum atomic E-state index is -0.577. The topological polar surface area (TPSA) is 107 Å². The summed E-state index contributed by atoms with van der Waals surface area (Å²) in [4.78, 5) is 40.5. The number of nitrogens with zero attached hydrogens (tertiary/aromatic N) is 3. The molecule has 29 heavy (non-hydrogen) atoms. The van der Waals surface area contributed by atoms with Crippen molar-refractivity contribution in [1.29, 1.82) is 0 Å². The molecule has 0 spiro atoms. The minimum absolute atomic E-state index is 0.104. The number of carbonyl (C=O) groups is 1. The number of benzene rings is 2. The SMILES string of the molecule is CC(Sc1nc2ccccc2c(=O)n1C(C)C)C(=O)Nc1cccc([N+](=O)[O-])c1. The standard InChI is InChI=1S/C20H20N4O4S/c1-12(2)23-19(26)16-9-4-5-10-17(16)22-20(23)29-13(3)18(25)21-14-7-6-8-15(11-14)24(27)28/h4-13H,1-3H3,(H,21,25). The highest BCUT2D eigenvalue weighted by molar-refractivity contribution is 8.00. The number of nitrogens with one attached hydrogen (secondary N) is 1. The third kappa shape index (κ3) is 4.45. The molecule has 9 heteroatoms. The lowest BCUT2D eigenvalue weighted by Crippen LogP contribution is -2.28. The zero-order valence-electron chi connectivity index (χ0n) is 16.2. The van der Waals surface area contributed by atoms with E-state index in [2.05, 4.69) is 10.3 Å². The van der Waals surface area contributed by atoms with Crippen LogP contribution in [0, 0.1) is 10.1 Å². The largest absolute Gasteiger partial charge is 0.325 e. The number of nitro groups is 1. The Labute approximate surface area is 171 Å². The summed E-state index contributed by atoms with van der Waals surface area (Å²) in [5.41, 5.74) is 0.653. The predicted molar refractivity (Wildman–Crippen MR) is 113 cm³/mol. The molecule has 2 aromatic carbocycles. The van der Waals surface area contributed by atoms with Gasteiger partial charge in [-0.3, -0.25) is 24.3 Å². The monoisotopic (exact) mass is 412 g/mol. The summed E-state index contributed by atoms with van der Waals surface area (Å²) < 4.78 is 1.57. The number of hydrogen-bond donors (Lipinski definition) is 1. The molecule has 0 saturated heterocycles. The number of non-ortho nitro benzene ring substituents is 1. The number of carbonyl (C=O) groups excluding carboxylic acids is 1. The van der Waals surface area contributed by atoms with Crippen molar-refractivity contribution in [3.63, 3.8) is 0 Å². The van der Waals surface area contributed by atoms with Crippen LogP contribution in [0.1, 0.15) is 26.8 Å². The van der Waals surface area contributed by atoms with Gasteiger partial charge in [-0.05, 0) is 39.0 Å². The van der Waals surface area contributed by atoms with E-state index >= 15 is 0 Å². The second-order valence-corrected chi connectivity index (χ2v) is 8.05. The lowest BCUT2D eigenvalue weighted by molar-refractivity contribution is -0.384. The molecular weight excluding hydrogens is 392 g/mol. The Kier molecular flexibility index (Phi) is 5.97. The second-order valence-electron chi connectivity index (χ2n) is 6.74. The van der Waals surface area contributed by atoms with Crippen LogP contribution in [0.3, 0.4) is 0 Å². The first-order chi connectivity index (χ1) is 13.8. The number of hydrogen-bond acceptors (Lipinski definition) is 6. The van der Waals surface area contributed by atoms with Crippen molar-refractivity contribution in [3.05, 3.63) is 69.0 Å². The summed E-state index contributed by atoms with van der Waals surface area (Å²) in [6.45, 7) is 5.47. The van der Waals surface area contributed by atoms with E-state index in [-0.39, 0.29) is 23.2 Å². The molecule has 0 aliphatic rings. The van der Waals surface area contributed by atoms with Gasteiger partial charge in [-0.15, -0.1) is 0 Å². The maximum atomic E-state index is 12.9. The van der Waals surface area contributed by atoms with Gasteiger partial charge in [0.2, 0.25) is 5.91 Å². The second kappa shape index (κ2) is 8.44. The van der Waals surface area contributed by atoms with Gasteiger partial charge in [-0.2, -0.15) is 0 Å². The van der Waals surface area contributed by atoms with E-state index in [1.807, 2.05) is 13.8 Å². The summed E-state index contributed by atoms with van der Waals surface area (Å²) in [5.74, 6) is -0.340. The summed E-state index contributed by atoms with van der Waals surface area (Å²) in [7, 11) is 0. The molecule has 3 aromatic rings. The van der Waals surface area contributed by atoms with Crippen molar-refractivity contribution in [2.45, 2.75) is 37.2 Å². The summed E-state index contributed by atoms with van der Waals surface area (Å²) in [6.07, 6.45) is 0. The third-order valence-corrected chi connectivity index (χ3v) is 5.33. The van der Waals surface area contributed by atoms with Crippen molar-refractivity contribution in [2.75, 3.05) is 5.32 Å². The predicted octanol–water partition coefficient (Wildman–Crippen LogP) is 4.00. The smallest absolute Gasteiger partial charge is 0.271 e. The van der Waals surface area contributed by atoms with Gasteiger partial charge in [0.25, 0.3) is 11.2 Å². The number of thioether (sulfide) groups is 1. The molecule has 1 heterocycles. The summed E-state index contributed by atoms with van der Waals surface area (Å²) in [5, 5.41) is 14.0. The van der Waals surface area contributed by atoms with Crippen molar-refractivity contribution < 1.29 is 9.72 Å². The molecule has 3 rings (SSSR count). The van der Waals surface area contributed by atoms with Crippen LogP contribution < -0.4 is 10.9 Å². The number of rotatable bonds is 6. The van der Waals surface area contributed by atoms with Gasteiger partial charge in [0.15, 0.2) is 5.16 Å². The fourth-order valence-corrected chi connectivity index (χ4v) is 3.86. The van der Waals surface area contributed by atoms with E-state index < -0.39 is 10.2 Å². The average Bonchev–Trinajstić information content (AvgIpc) is 2.68. The molecule has 0 aliphatic carbocycles. The highest BCUT2D eigenvalue weighted by Gasteiger charge is 2.21. The fourth-order valence-electron chi connectivity index (χ4n) is 2.82. The van der Waals surface area contributed by atoms with Crippen LogP contribution in [0.15, 0.2) is 58.5 Å². The molecular formula is C20H20N4O4S.